The molecule has 2 aromatic rings. The topological polar surface area (TPSA) is 50.7 Å². The van der Waals surface area contributed by atoms with Gasteiger partial charge in [0.15, 0.2) is 0 Å². The molecule has 0 spiro atoms. The number of nitrogens with zero attached hydrogens (tertiary/aromatic N) is 3. The average molecular weight is 270 g/mol. The minimum absolute atomic E-state index is 0.0140. The first kappa shape index (κ1) is 14.4. The highest BCUT2D eigenvalue weighted by Crippen LogP contribution is 2.22. The van der Waals surface area contributed by atoms with Gasteiger partial charge in [0.2, 0.25) is 0 Å². The zero-order valence-electron chi connectivity index (χ0n) is 12.6. The van der Waals surface area contributed by atoms with Gasteiger partial charge in [0.05, 0.1) is 5.69 Å². The fraction of sp³-hybridized carbons (Fsp3) is 0.438. The highest BCUT2D eigenvalue weighted by molar-refractivity contribution is 5.38. The molecule has 4 nitrogen and oxygen atoms in total. The smallest absolute Gasteiger partial charge is 0.135 e. The molecule has 4 heteroatoms. The Morgan fingerprint density at radius 2 is 1.80 bits per heavy atom. The minimum Gasteiger partial charge on any atom is -0.370 e. The second-order valence-corrected chi connectivity index (χ2v) is 5.87. The van der Waals surface area contributed by atoms with Crippen LogP contribution in [0.1, 0.15) is 44.8 Å². The third kappa shape index (κ3) is 3.76. The predicted molar refractivity (Wildman–Crippen MR) is 81.9 cm³/mol. The summed E-state index contributed by atoms with van der Waals surface area (Å²) in [4.78, 5) is 13.3. The van der Waals surface area contributed by atoms with Crippen molar-refractivity contribution in [1.29, 1.82) is 0 Å². The molecule has 2 aromatic heterocycles. The molecule has 20 heavy (non-hydrogen) atoms. The Labute approximate surface area is 120 Å². The summed E-state index contributed by atoms with van der Waals surface area (Å²) in [5, 5.41) is 3.28. The van der Waals surface area contributed by atoms with E-state index in [1.54, 1.807) is 12.4 Å². The summed E-state index contributed by atoms with van der Waals surface area (Å²) in [6.07, 6.45) is 4.33. The first-order chi connectivity index (χ1) is 9.49. The van der Waals surface area contributed by atoms with E-state index in [0.717, 1.165) is 30.3 Å². The molecular formula is C16H22N4. The SMILES string of the molecule is CCNc1cc(C(C)(C)C)nc(Cc2ccncc2)n1. The van der Waals surface area contributed by atoms with Crippen molar-refractivity contribution in [1.82, 2.24) is 15.0 Å². The van der Waals surface area contributed by atoms with Crippen molar-refractivity contribution in [3.63, 3.8) is 0 Å². The van der Waals surface area contributed by atoms with Crippen LogP contribution in [0.25, 0.3) is 0 Å². The maximum atomic E-state index is 4.71. The van der Waals surface area contributed by atoms with Gasteiger partial charge in [0.25, 0.3) is 0 Å². The van der Waals surface area contributed by atoms with Crippen molar-refractivity contribution in [2.75, 3.05) is 11.9 Å². The number of hydrogen-bond donors (Lipinski definition) is 1. The molecule has 2 heterocycles. The molecule has 0 aliphatic heterocycles. The normalized spacial score (nSPS) is 11.4. The lowest BCUT2D eigenvalue weighted by Crippen LogP contribution is -2.17. The summed E-state index contributed by atoms with van der Waals surface area (Å²) in [6.45, 7) is 9.43. The lowest BCUT2D eigenvalue weighted by Gasteiger charge is -2.19. The van der Waals surface area contributed by atoms with Crippen LogP contribution in [0.5, 0.6) is 0 Å². The van der Waals surface area contributed by atoms with Crippen molar-refractivity contribution >= 4 is 5.82 Å². The number of aromatic nitrogens is 3. The maximum absolute atomic E-state index is 4.71. The van der Waals surface area contributed by atoms with E-state index >= 15 is 0 Å². The van der Waals surface area contributed by atoms with Gasteiger partial charge in [-0.05, 0) is 24.6 Å². The van der Waals surface area contributed by atoms with E-state index in [9.17, 15) is 0 Å². The van der Waals surface area contributed by atoms with Crippen molar-refractivity contribution in [3.05, 3.63) is 47.7 Å². The average Bonchev–Trinajstić information content (AvgIpc) is 2.39. The molecular weight excluding hydrogens is 248 g/mol. The van der Waals surface area contributed by atoms with E-state index in [2.05, 4.69) is 43.0 Å². The lowest BCUT2D eigenvalue weighted by molar-refractivity contribution is 0.563. The van der Waals surface area contributed by atoms with Gasteiger partial charge in [-0.1, -0.05) is 20.8 Å². The van der Waals surface area contributed by atoms with E-state index in [0.29, 0.717) is 0 Å². The van der Waals surface area contributed by atoms with E-state index in [4.69, 9.17) is 4.98 Å². The maximum Gasteiger partial charge on any atom is 0.135 e. The van der Waals surface area contributed by atoms with Crippen molar-refractivity contribution in [3.8, 4) is 0 Å². The van der Waals surface area contributed by atoms with Gasteiger partial charge in [-0.3, -0.25) is 4.98 Å². The Morgan fingerprint density at radius 1 is 1.10 bits per heavy atom. The Bertz CT molecular complexity index is 558. The molecule has 0 aliphatic carbocycles. The largest absolute Gasteiger partial charge is 0.370 e. The van der Waals surface area contributed by atoms with E-state index in [1.165, 1.54) is 5.56 Å². The van der Waals surface area contributed by atoms with Gasteiger partial charge in [-0.2, -0.15) is 0 Å². The van der Waals surface area contributed by atoms with Crippen molar-refractivity contribution in [2.24, 2.45) is 0 Å². The summed E-state index contributed by atoms with van der Waals surface area (Å²) < 4.78 is 0. The van der Waals surface area contributed by atoms with Crippen LogP contribution in [0.15, 0.2) is 30.6 Å². The summed E-state index contributed by atoms with van der Waals surface area (Å²) in [6, 6.07) is 6.04. The fourth-order valence-electron chi connectivity index (χ4n) is 1.92. The van der Waals surface area contributed by atoms with Crippen LogP contribution < -0.4 is 5.32 Å². The predicted octanol–water partition coefficient (Wildman–Crippen LogP) is 3.19. The Hall–Kier alpha value is -1.97. The number of anilines is 1. The van der Waals surface area contributed by atoms with E-state index < -0.39 is 0 Å². The van der Waals surface area contributed by atoms with Gasteiger partial charge in [-0.25, -0.2) is 9.97 Å². The molecule has 0 aliphatic rings. The first-order valence-electron chi connectivity index (χ1n) is 7.00. The zero-order chi connectivity index (χ0) is 14.6. The fourth-order valence-corrected chi connectivity index (χ4v) is 1.92. The van der Waals surface area contributed by atoms with Crippen LogP contribution in [0.3, 0.4) is 0 Å². The molecule has 2 rings (SSSR count). The summed E-state index contributed by atoms with van der Waals surface area (Å²) in [5.41, 5.74) is 2.25. The quantitative estimate of drug-likeness (QED) is 0.927. The van der Waals surface area contributed by atoms with Crippen LogP contribution in [0.4, 0.5) is 5.82 Å². The number of pyridine rings is 1. The molecule has 1 N–H and O–H groups in total. The number of rotatable bonds is 4. The van der Waals surface area contributed by atoms with E-state index in [1.807, 2.05) is 18.2 Å². The number of hydrogen-bond acceptors (Lipinski definition) is 4. The highest BCUT2D eigenvalue weighted by atomic mass is 15.0. The standard InChI is InChI=1S/C16H22N4/c1-5-18-14-11-13(16(2,3)4)19-15(20-14)10-12-6-8-17-9-7-12/h6-9,11H,5,10H2,1-4H3,(H,18,19,20). The van der Waals surface area contributed by atoms with Crippen molar-refractivity contribution in [2.45, 2.75) is 39.5 Å². The monoisotopic (exact) mass is 270 g/mol. The van der Waals surface area contributed by atoms with Crippen LogP contribution in [-0.2, 0) is 11.8 Å². The van der Waals surface area contributed by atoms with Crippen LogP contribution in [-0.4, -0.2) is 21.5 Å². The molecule has 0 unspecified atom stereocenters. The molecule has 0 aromatic carbocycles. The van der Waals surface area contributed by atoms with Gasteiger partial charge < -0.3 is 5.32 Å². The van der Waals surface area contributed by atoms with Gasteiger partial charge in [0, 0.05) is 36.8 Å². The molecule has 0 bridgehead atoms. The Morgan fingerprint density at radius 3 is 2.40 bits per heavy atom. The summed E-state index contributed by atoms with van der Waals surface area (Å²) in [7, 11) is 0. The number of nitrogens with one attached hydrogen (secondary N) is 1. The molecule has 0 saturated carbocycles. The molecule has 0 fully saturated rings. The van der Waals surface area contributed by atoms with Gasteiger partial charge in [-0.15, -0.1) is 0 Å². The third-order valence-electron chi connectivity index (χ3n) is 3.01. The Kier molecular flexibility index (Phi) is 4.32. The lowest BCUT2D eigenvalue weighted by atomic mass is 9.92. The van der Waals surface area contributed by atoms with Crippen LogP contribution in [0.2, 0.25) is 0 Å². The summed E-state index contributed by atoms with van der Waals surface area (Å²) >= 11 is 0. The summed E-state index contributed by atoms with van der Waals surface area (Å²) in [5.74, 6) is 1.75. The molecule has 106 valence electrons. The van der Waals surface area contributed by atoms with E-state index in [-0.39, 0.29) is 5.41 Å². The molecule has 0 saturated heterocycles. The van der Waals surface area contributed by atoms with Gasteiger partial charge in [0.1, 0.15) is 11.6 Å². The van der Waals surface area contributed by atoms with Gasteiger partial charge >= 0.3 is 0 Å². The third-order valence-corrected chi connectivity index (χ3v) is 3.01. The second kappa shape index (κ2) is 5.99. The first-order valence-corrected chi connectivity index (χ1v) is 7.00. The van der Waals surface area contributed by atoms with Crippen LogP contribution >= 0.6 is 0 Å². The minimum atomic E-state index is 0.0140. The molecule has 0 amide bonds. The second-order valence-electron chi connectivity index (χ2n) is 5.87. The van der Waals surface area contributed by atoms with Crippen molar-refractivity contribution < 1.29 is 0 Å². The van der Waals surface area contributed by atoms with Crippen LogP contribution in [0, 0.1) is 0 Å². The Balaban J connectivity index is 2.34. The zero-order valence-corrected chi connectivity index (χ0v) is 12.6. The molecule has 0 atom stereocenters. The highest BCUT2D eigenvalue weighted by Gasteiger charge is 2.18. The molecule has 0 radical (unpaired) electrons.